The van der Waals surface area contributed by atoms with E-state index in [0.29, 0.717) is 46.0 Å². The Morgan fingerprint density at radius 2 is 1.53 bits per heavy atom. The maximum Gasteiger partial charge on any atom is 0.256 e. The Labute approximate surface area is 220 Å². The van der Waals surface area contributed by atoms with Crippen LogP contribution in [0.4, 0.5) is 11.4 Å². The fourth-order valence-corrected chi connectivity index (χ4v) is 4.56. The maximum absolute atomic E-state index is 13.6. The summed E-state index contributed by atoms with van der Waals surface area (Å²) < 4.78 is 10.4. The quantitative estimate of drug-likeness (QED) is 0.401. The lowest BCUT2D eigenvalue weighted by Gasteiger charge is -2.24. The third kappa shape index (κ3) is 5.78. The molecule has 1 atom stereocenters. The molecule has 1 N–H and O–H groups in total. The molecule has 7 nitrogen and oxygen atoms in total. The molecule has 36 heavy (non-hydrogen) atoms. The van der Waals surface area contributed by atoms with Gasteiger partial charge in [-0.3, -0.25) is 14.5 Å². The largest absolute Gasteiger partial charge is 0.497 e. The first-order chi connectivity index (χ1) is 17.4. The molecule has 1 saturated heterocycles. The van der Waals surface area contributed by atoms with Gasteiger partial charge in [-0.25, -0.2) is 0 Å². The highest BCUT2D eigenvalue weighted by Crippen LogP contribution is 2.29. The van der Waals surface area contributed by atoms with Crippen LogP contribution in [0.3, 0.4) is 0 Å². The number of nitrogens with one attached hydrogen (secondary N) is 1. The summed E-state index contributed by atoms with van der Waals surface area (Å²) in [6.07, 6.45) is 0.593. The highest BCUT2D eigenvalue weighted by molar-refractivity contribution is 7.80. The van der Waals surface area contributed by atoms with Crippen molar-refractivity contribution in [1.29, 1.82) is 0 Å². The smallest absolute Gasteiger partial charge is 0.256 e. The van der Waals surface area contributed by atoms with Crippen molar-refractivity contribution in [1.82, 2.24) is 4.90 Å². The summed E-state index contributed by atoms with van der Waals surface area (Å²) in [6.45, 7) is 0.472. The zero-order chi connectivity index (χ0) is 25.7. The molecule has 0 aromatic heterocycles. The van der Waals surface area contributed by atoms with Gasteiger partial charge in [-0.1, -0.05) is 23.7 Å². The molecule has 0 spiro atoms. The first kappa shape index (κ1) is 25.5. The van der Waals surface area contributed by atoms with Crippen LogP contribution in [-0.2, 0) is 16.0 Å². The van der Waals surface area contributed by atoms with Gasteiger partial charge in [0, 0.05) is 17.3 Å². The standard InChI is InChI=1S/C27H26ClN3O4S/c1-34-22-11-7-20(8-12-22)29-25(32)17-24-26(33)31(21-9-13-23(35-2)14-10-21)27(36)30(24)16-15-18-3-5-19(28)6-4-18/h3-14,24H,15-17H2,1-2H3,(H,29,32)/t24-/m0/s1. The van der Waals surface area contributed by atoms with Crippen LogP contribution in [0.5, 0.6) is 11.5 Å². The van der Waals surface area contributed by atoms with E-state index in [4.69, 9.17) is 33.3 Å². The average Bonchev–Trinajstić information content (AvgIpc) is 3.12. The van der Waals surface area contributed by atoms with E-state index in [0.717, 1.165) is 5.56 Å². The van der Waals surface area contributed by atoms with Crippen LogP contribution in [-0.4, -0.2) is 48.6 Å². The normalized spacial score (nSPS) is 15.2. The van der Waals surface area contributed by atoms with Crippen molar-refractivity contribution in [3.63, 3.8) is 0 Å². The minimum atomic E-state index is -0.731. The second-order valence-corrected chi connectivity index (χ2v) is 9.02. The summed E-state index contributed by atoms with van der Waals surface area (Å²) in [4.78, 5) is 29.8. The van der Waals surface area contributed by atoms with E-state index in [1.807, 2.05) is 29.2 Å². The molecule has 0 radical (unpaired) electrons. The molecule has 186 valence electrons. The zero-order valence-electron chi connectivity index (χ0n) is 19.9. The van der Waals surface area contributed by atoms with Crippen LogP contribution >= 0.6 is 23.8 Å². The first-order valence-corrected chi connectivity index (χ1v) is 12.1. The molecule has 3 aromatic carbocycles. The molecular formula is C27H26ClN3O4S. The number of benzene rings is 3. The summed E-state index contributed by atoms with van der Waals surface area (Å²) in [5.41, 5.74) is 2.30. The van der Waals surface area contributed by atoms with Crippen LogP contribution in [0.25, 0.3) is 0 Å². The number of anilines is 2. The van der Waals surface area contributed by atoms with Crippen LogP contribution < -0.4 is 19.7 Å². The van der Waals surface area contributed by atoms with E-state index >= 15 is 0 Å². The topological polar surface area (TPSA) is 71.1 Å². The predicted molar refractivity (Wildman–Crippen MR) is 145 cm³/mol. The third-order valence-electron chi connectivity index (χ3n) is 5.96. The van der Waals surface area contributed by atoms with Gasteiger partial charge in [0.2, 0.25) is 5.91 Å². The predicted octanol–water partition coefficient (Wildman–Crippen LogP) is 4.93. The fourth-order valence-electron chi connectivity index (χ4n) is 4.02. The molecule has 1 aliphatic rings. The molecule has 1 fully saturated rings. The molecule has 4 rings (SSSR count). The van der Waals surface area contributed by atoms with Crippen LogP contribution in [0.2, 0.25) is 5.02 Å². The van der Waals surface area contributed by atoms with Gasteiger partial charge >= 0.3 is 0 Å². The number of thiocarbonyl (C=S) groups is 1. The van der Waals surface area contributed by atoms with E-state index in [9.17, 15) is 9.59 Å². The fraction of sp³-hybridized carbons (Fsp3) is 0.222. The highest BCUT2D eigenvalue weighted by Gasteiger charge is 2.43. The Balaban J connectivity index is 1.54. The van der Waals surface area contributed by atoms with E-state index in [2.05, 4.69) is 5.32 Å². The minimum absolute atomic E-state index is 0.0434. The van der Waals surface area contributed by atoms with Crippen molar-refractivity contribution in [3.05, 3.63) is 83.4 Å². The lowest BCUT2D eigenvalue weighted by atomic mass is 10.1. The first-order valence-electron chi connectivity index (χ1n) is 11.4. The number of carbonyl (C=O) groups excluding carboxylic acids is 2. The second kappa shape index (κ2) is 11.4. The molecule has 0 unspecified atom stereocenters. The van der Waals surface area contributed by atoms with Crippen molar-refractivity contribution < 1.29 is 19.1 Å². The van der Waals surface area contributed by atoms with E-state index in [-0.39, 0.29) is 18.2 Å². The lowest BCUT2D eigenvalue weighted by Crippen LogP contribution is -2.39. The van der Waals surface area contributed by atoms with E-state index in [1.165, 1.54) is 4.90 Å². The Morgan fingerprint density at radius 3 is 2.11 bits per heavy atom. The molecular weight excluding hydrogens is 498 g/mol. The van der Waals surface area contributed by atoms with Crippen molar-refractivity contribution in [3.8, 4) is 11.5 Å². The zero-order valence-corrected chi connectivity index (χ0v) is 21.5. The van der Waals surface area contributed by atoms with Gasteiger partial charge in [0.25, 0.3) is 5.91 Å². The summed E-state index contributed by atoms with van der Waals surface area (Å²) in [7, 11) is 3.16. The number of halogens is 1. The molecule has 0 saturated carbocycles. The van der Waals surface area contributed by atoms with Gasteiger partial charge in [0.1, 0.15) is 17.5 Å². The average molecular weight is 524 g/mol. The van der Waals surface area contributed by atoms with Crippen LogP contribution in [0.1, 0.15) is 12.0 Å². The summed E-state index contributed by atoms with van der Waals surface area (Å²) >= 11 is 11.7. The van der Waals surface area contributed by atoms with Crippen molar-refractivity contribution >= 4 is 52.1 Å². The van der Waals surface area contributed by atoms with Gasteiger partial charge < -0.3 is 19.7 Å². The Morgan fingerprint density at radius 1 is 0.944 bits per heavy atom. The molecule has 3 aromatic rings. The second-order valence-electron chi connectivity index (χ2n) is 8.22. The monoisotopic (exact) mass is 523 g/mol. The number of rotatable bonds is 9. The van der Waals surface area contributed by atoms with Crippen molar-refractivity contribution in [2.24, 2.45) is 0 Å². The number of carbonyl (C=O) groups is 2. The van der Waals surface area contributed by atoms with Crippen LogP contribution in [0.15, 0.2) is 72.8 Å². The number of hydrogen-bond acceptors (Lipinski definition) is 5. The van der Waals surface area contributed by atoms with Crippen molar-refractivity contribution in [2.75, 3.05) is 31.0 Å². The summed E-state index contributed by atoms with van der Waals surface area (Å²) in [5.74, 6) is 0.833. The molecule has 0 bridgehead atoms. The molecule has 0 aliphatic carbocycles. The Bertz CT molecular complexity index is 1230. The van der Waals surface area contributed by atoms with Gasteiger partial charge in [-0.05, 0) is 84.9 Å². The van der Waals surface area contributed by atoms with Gasteiger partial charge in [-0.15, -0.1) is 0 Å². The Kier molecular flexibility index (Phi) is 8.07. The van der Waals surface area contributed by atoms with Gasteiger partial charge in [-0.2, -0.15) is 0 Å². The minimum Gasteiger partial charge on any atom is -0.497 e. The van der Waals surface area contributed by atoms with Gasteiger partial charge in [0.15, 0.2) is 5.11 Å². The van der Waals surface area contributed by atoms with Crippen molar-refractivity contribution in [2.45, 2.75) is 18.9 Å². The van der Waals surface area contributed by atoms with Crippen LogP contribution in [0, 0.1) is 0 Å². The highest BCUT2D eigenvalue weighted by atomic mass is 35.5. The molecule has 1 aliphatic heterocycles. The SMILES string of the molecule is COc1ccc(NC(=O)C[C@H]2C(=O)N(c3ccc(OC)cc3)C(=S)N2CCc2ccc(Cl)cc2)cc1. The molecule has 1 heterocycles. The van der Waals surface area contributed by atoms with E-state index < -0.39 is 6.04 Å². The number of ether oxygens (including phenoxy) is 2. The summed E-state index contributed by atoms with van der Waals surface area (Å²) in [5, 5.41) is 3.88. The number of amides is 2. The Hall–Kier alpha value is -3.62. The molecule has 9 heteroatoms. The lowest BCUT2D eigenvalue weighted by molar-refractivity contribution is -0.124. The maximum atomic E-state index is 13.6. The number of nitrogens with zero attached hydrogens (tertiary/aromatic N) is 2. The number of hydrogen-bond donors (Lipinski definition) is 1. The molecule has 2 amide bonds. The summed E-state index contributed by atoms with van der Waals surface area (Å²) in [6, 6.07) is 20.9. The van der Waals surface area contributed by atoms with E-state index in [1.54, 1.807) is 62.8 Å². The van der Waals surface area contributed by atoms with Gasteiger partial charge in [0.05, 0.1) is 26.3 Å². The number of methoxy groups -OCH3 is 2. The third-order valence-corrected chi connectivity index (χ3v) is 6.63.